The highest BCUT2D eigenvalue weighted by Gasteiger charge is 2.38. The van der Waals surface area contributed by atoms with Gasteiger partial charge >= 0.3 is 6.09 Å². The number of benzene rings is 3. The molecule has 0 radical (unpaired) electrons. The van der Waals surface area contributed by atoms with Crippen LogP contribution in [0.2, 0.25) is 0 Å². The van der Waals surface area contributed by atoms with E-state index < -0.39 is 24.3 Å². The Balaban J connectivity index is 1.41. The van der Waals surface area contributed by atoms with Crippen LogP contribution in [0.4, 0.5) is 10.5 Å². The van der Waals surface area contributed by atoms with Crippen molar-refractivity contribution in [2.45, 2.75) is 43.6 Å². The highest BCUT2D eigenvalue weighted by molar-refractivity contribution is 5.95. The second-order valence-corrected chi connectivity index (χ2v) is 8.87. The minimum absolute atomic E-state index is 0.128. The molecule has 7 nitrogen and oxygen atoms in total. The lowest BCUT2D eigenvalue weighted by molar-refractivity contribution is -0.128. The summed E-state index contributed by atoms with van der Waals surface area (Å²) in [5, 5.41) is 13.9. The summed E-state index contributed by atoms with van der Waals surface area (Å²) >= 11 is 0. The predicted octanol–water partition coefficient (Wildman–Crippen LogP) is 3.06. The van der Waals surface area contributed by atoms with Gasteiger partial charge in [0.1, 0.15) is 0 Å². The lowest BCUT2D eigenvalue weighted by Gasteiger charge is -2.26. The van der Waals surface area contributed by atoms with Crippen molar-refractivity contribution in [2.75, 3.05) is 11.4 Å². The van der Waals surface area contributed by atoms with Crippen LogP contribution < -0.4 is 16.0 Å². The molecule has 0 aliphatic carbocycles. The van der Waals surface area contributed by atoms with Gasteiger partial charge < -0.3 is 20.9 Å². The zero-order chi connectivity index (χ0) is 24.6. The Kier molecular flexibility index (Phi) is 8.13. The van der Waals surface area contributed by atoms with Crippen LogP contribution in [-0.4, -0.2) is 47.9 Å². The fourth-order valence-electron chi connectivity index (χ4n) is 4.29. The molecule has 4 atom stereocenters. The topological polar surface area (TPSA) is 105 Å². The number of anilines is 1. The molecule has 3 aromatic carbocycles. The van der Waals surface area contributed by atoms with Gasteiger partial charge in [0.25, 0.3) is 5.91 Å². The average Bonchev–Trinajstić information content (AvgIpc) is 3.27. The summed E-state index contributed by atoms with van der Waals surface area (Å²) in [5.41, 5.74) is 9.05. The molecule has 4 rings (SSSR count). The quantitative estimate of drug-likeness (QED) is 0.420. The summed E-state index contributed by atoms with van der Waals surface area (Å²) in [5.74, 6) is -0.387. The van der Waals surface area contributed by atoms with Crippen molar-refractivity contribution in [3.8, 4) is 0 Å². The number of aliphatic hydroxyl groups excluding tert-OH is 1. The number of nitrogens with two attached hydrogens (primary N) is 1. The first-order chi connectivity index (χ1) is 17.0. The van der Waals surface area contributed by atoms with Gasteiger partial charge in [-0.25, -0.2) is 4.79 Å². The van der Waals surface area contributed by atoms with Crippen molar-refractivity contribution < 1.29 is 19.4 Å². The van der Waals surface area contributed by atoms with Crippen molar-refractivity contribution in [2.24, 2.45) is 5.73 Å². The number of amides is 2. The van der Waals surface area contributed by atoms with E-state index in [1.807, 2.05) is 78.9 Å². The number of para-hydroxylation sites is 1. The molecular weight excluding hydrogens is 442 g/mol. The van der Waals surface area contributed by atoms with E-state index in [0.29, 0.717) is 18.5 Å². The molecule has 0 saturated carbocycles. The van der Waals surface area contributed by atoms with Crippen LogP contribution in [0.3, 0.4) is 0 Å². The van der Waals surface area contributed by atoms with Gasteiger partial charge in [0.05, 0.1) is 12.6 Å². The molecular formula is C28H31N3O4. The third-order valence-electron chi connectivity index (χ3n) is 6.18. The zero-order valence-electron chi connectivity index (χ0n) is 19.5. The largest absolute Gasteiger partial charge is 0.434 e. The number of rotatable bonds is 10. The summed E-state index contributed by atoms with van der Waals surface area (Å²) < 4.78 is 5.36. The minimum atomic E-state index is -0.934. The molecule has 182 valence electrons. The van der Waals surface area contributed by atoms with E-state index in [1.165, 1.54) is 4.90 Å². The van der Waals surface area contributed by atoms with Crippen LogP contribution in [0.1, 0.15) is 17.5 Å². The molecule has 0 unspecified atom stereocenters. The van der Waals surface area contributed by atoms with Crippen molar-refractivity contribution in [1.29, 1.82) is 0 Å². The van der Waals surface area contributed by atoms with Gasteiger partial charge in [0.2, 0.25) is 0 Å². The van der Waals surface area contributed by atoms with Gasteiger partial charge in [-0.1, -0.05) is 78.9 Å². The van der Waals surface area contributed by atoms with E-state index in [4.69, 9.17) is 10.5 Å². The maximum absolute atomic E-state index is 13.1. The molecule has 0 aromatic heterocycles. The fourth-order valence-corrected chi connectivity index (χ4v) is 4.29. The van der Waals surface area contributed by atoms with E-state index >= 15 is 0 Å². The third-order valence-corrected chi connectivity index (χ3v) is 6.18. The van der Waals surface area contributed by atoms with Crippen molar-refractivity contribution >= 4 is 17.7 Å². The lowest BCUT2D eigenvalue weighted by Crippen LogP contribution is -2.48. The van der Waals surface area contributed by atoms with Gasteiger partial charge in [0.15, 0.2) is 6.10 Å². The summed E-state index contributed by atoms with van der Waals surface area (Å²) in [6, 6.07) is 27.7. The standard InChI is InChI=1S/C28H31N3O4/c29-24(17-21-12-6-2-7-13-21)25(32)18-22(16-20-10-4-1-5-11-20)30-27(33)26-19-31(28(34)35-26)23-14-8-3-9-15-23/h1-15,22,24-26,32H,16-19,29H2,(H,30,33)/t22-,24-,25-,26+/m0/s1. The first-order valence-corrected chi connectivity index (χ1v) is 11.8. The molecule has 2 amide bonds. The van der Waals surface area contributed by atoms with Gasteiger partial charge in [-0.05, 0) is 42.5 Å². The molecule has 7 heteroatoms. The van der Waals surface area contributed by atoms with E-state index in [9.17, 15) is 14.7 Å². The number of ether oxygens (including phenoxy) is 1. The molecule has 4 N–H and O–H groups in total. The molecule has 1 saturated heterocycles. The van der Waals surface area contributed by atoms with Gasteiger partial charge in [-0.2, -0.15) is 0 Å². The number of hydrogen-bond donors (Lipinski definition) is 3. The number of cyclic esters (lactones) is 1. The third kappa shape index (κ3) is 6.68. The highest BCUT2D eigenvalue weighted by Crippen LogP contribution is 2.22. The van der Waals surface area contributed by atoms with Crippen molar-refractivity contribution in [3.63, 3.8) is 0 Å². The van der Waals surface area contributed by atoms with Crippen LogP contribution in [-0.2, 0) is 22.4 Å². The van der Waals surface area contributed by atoms with Crippen molar-refractivity contribution in [3.05, 3.63) is 102 Å². The normalized spacial score (nSPS) is 17.9. The molecule has 0 spiro atoms. The zero-order valence-corrected chi connectivity index (χ0v) is 19.5. The Morgan fingerprint density at radius 1 is 0.943 bits per heavy atom. The second-order valence-electron chi connectivity index (χ2n) is 8.87. The van der Waals surface area contributed by atoms with Gasteiger partial charge in [-0.3, -0.25) is 9.69 Å². The Morgan fingerprint density at radius 2 is 1.49 bits per heavy atom. The lowest BCUT2D eigenvalue weighted by atomic mass is 9.94. The number of nitrogens with one attached hydrogen (secondary N) is 1. The number of nitrogens with zero attached hydrogens (tertiary/aromatic N) is 1. The summed E-state index contributed by atoms with van der Waals surface area (Å²) in [6.45, 7) is 0.128. The van der Waals surface area contributed by atoms with Crippen LogP contribution in [0.5, 0.6) is 0 Å². The van der Waals surface area contributed by atoms with Gasteiger partial charge in [0, 0.05) is 17.8 Å². The Bertz CT molecular complexity index is 1090. The molecule has 1 heterocycles. The maximum atomic E-state index is 13.1. The van der Waals surface area contributed by atoms with E-state index in [2.05, 4.69) is 5.32 Å². The highest BCUT2D eigenvalue weighted by atomic mass is 16.6. The van der Waals surface area contributed by atoms with Gasteiger partial charge in [-0.15, -0.1) is 0 Å². The van der Waals surface area contributed by atoms with E-state index in [1.54, 1.807) is 12.1 Å². The Labute approximate surface area is 205 Å². The molecule has 1 aliphatic heterocycles. The van der Waals surface area contributed by atoms with Crippen LogP contribution >= 0.6 is 0 Å². The van der Waals surface area contributed by atoms with Crippen LogP contribution in [0, 0.1) is 0 Å². The second kappa shape index (κ2) is 11.6. The monoisotopic (exact) mass is 473 g/mol. The fraction of sp³-hybridized carbons (Fsp3) is 0.286. The average molecular weight is 474 g/mol. The van der Waals surface area contributed by atoms with E-state index in [0.717, 1.165) is 11.1 Å². The predicted molar refractivity (Wildman–Crippen MR) is 135 cm³/mol. The summed E-state index contributed by atoms with van der Waals surface area (Å²) in [6.07, 6.45) is -0.990. The summed E-state index contributed by atoms with van der Waals surface area (Å²) in [7, 11) is 0. The number of carbonyl (C=O) groups is 2. The summed E-state index contributed by atoms with van der Waals surface area (Å²) in [4.78, 5) is 26.9. The SMILES string of the molecule is N[C@@H](Cc1ccccc1)[C@@H](O)C[C@H](Cc1ccccc1)NC(=O)[C@H]1CN(c2ccccc2)C(=O)O1. The maximum Gasteiger partial charge on any atom is 0.415 e. The Morgan fingerprint density at radius 3 is 2.09 bits per heavy atom. The molecule has 35 heavy (non-hydrogen) atoms. The van der Waals surface area contributed by atoms with E-state index in [-0.39, 0.29) is 24.9 Å². The molecule has 3 aromatic rings. The molecule has 0 bridgehead atoms. The smallest absolute Gasteiger partial charge is 0.415 e. The molecule has 1 fully saturated rings. The molecule has 1 aliphatic rings. The number of aliphatic hydroxyl groups is 1. The van der Waals surface area contributed by atoms with Crippen molar-refractivity contribution in [1.82, 2.24) is 5.32 Å². The first kappa shape index (κ1) is 24.4. The number of carbonyl (C=O) groups excluding carboxylic acids is 2. The number of hydrogen-bond acceptors (Lipinski definition) is 5. The first-order valence-electron chi connectivity index (χ1n) is 11.8. The van der Waals surface area contributed by atoms with Crippen LogP contribution in [0.15, 0.2) is 91.0 Å². The van der Waals surface area contributed by atoms with Crippen LogP contribution in [0.25, 0.3) is 0 Å². The Hall–Kier alpha value is -3.68. The minimum Gasteiger partial charge on any atom is -0.434 e.